The summed E-state index contributed by atoms with van der Waals surface area (Å²) in [6.07, 6.45) is 5.24. The number of hydrogen-bond donors (Lipinski definition) is 2. The zero-order valence-corrected chi connectivity index (χ0v) is 25.8. The molecule has 8 nitrogen and oxygen atoms in total. The minimum Gasteiger partial charge on any atom is -0.496 e. The molecular weight excluding hydrogens is 583 g/mol. The number of hydrogen-bond acceptors (Lipinski definition) is 6. The van der Waals surface area contributed by atoms with E-state index >= 15 is 0 Å². The molecule has 0 saturated heterocycles. The molecule has 4 aromatic rings. The molecule has 0 fully saturated rings. The number of aromatic nitrogens is 1. The molecule has 1 heterocycles. The van der Waals surface area contributed by atoms with Crippen LogP contribution in [0.3, 0.4) is 0 Å². The molecule has 0 bridgehead atoms. The number of rotatable bonds is 12. The van der Waals surface area contributed by atoms with Gasteiger partial charge in [-0.1, -0.05) is 30.3 Å². The number of nitrogens with zero attached hydrogens (tertiary/aromatic N) is 1. The third-order valence-corrected chi connectivity index (χ3v) is 9.68. The number of carbonyl (C=O) groups is 1. The van der Waals surface area contributed by atoms with Crippen molar-refractivity contribution in [1.82, 2.24) is 9.29 Å². The van der Waals surface area contributed by atoms with Gasteiger partial charge >= 0.3 is 0 Å². The SMILES string of the molecule is COc1cc([C@@H](O)[C@@H](CC2Cc3ccccc3C2)Cn2ccc(CC(=O)NS(=O)(=O)c3cccc(F)c3)c2)cc(OC)c1C. The second-order valence-electron chi connectivity index (χ2n) is 11.4. The Morgan fingerprint density at radius 2 is 1.68 bits per heavy atom. The average molecular weight is 621 g/mol. The summed E-state index contributed by atoms with van der Waals surface area (Å²) >= 11 is 0. The highest BCUT2D eigenvalue weighted by atomic mass is 32.2. The van der Waals surface area contributed by atoms with Gasteiger partial charge in [0.15, 0.2) is 0 Å². The van der Waals surface area contributed by atoms with E-state index in [1.165, 1.54) is 23.3 Å². The van der Waals surface area contributed by atoms with Crippen molar-refractivity contribution in [2.24, 2.45) is 11.8 Å². The minimum absolute atomic E-state index is 0.181. The molecule has 1 aliphatic carbocycles. The second kappa shape index (κ2) is 13.2. The van der Waals surface area contributed by atoms with Crippen molar-refractivity contribution in [2.45, 2.75) is 50.2 Å². The first-order valence-corrected chi connectivity index (χ1v) is 16.0. The molecule has 2 N–H and O–H groups in total. The van der Waals surface area contributed by atoms with E-state index in [0.717, 1.165) is 37.0 Å². The van der Waals surface area contributed by atoms with Crippen LogP contribution < -0.4 is 14.2 Å². The Labute approximate surface area is 257 Å². The number of nitrogens with one attached hydrogen (secondary N) is 1. The van der Waals surface area contributed by atoms with Crippen LogP contribution in [0.1, 0.15) is 40.3 Å². The fraction of sp³-hybridized carbons (Fsp3) is 0.324. The Morgan fingerprint density at radius 1 is 1.02 bits per heavy atom. The highest BCUT2D eigenvalue weighted by Gasteiger charge is 2.30. The molecule has 0 spiro atoms. The van der Waals surface area contributed by atoms with E-state index in [1.807, 2.05) is 34.5 Å². The number of sulfonamides is 1. The smallest absolute Gasteiger partial charge is 0.264 e. The summed E-state index contributed by atoms with van der Waals surface area (Å²) in [4.78, 5) is 12.3. The van der Waals surface area contributed by atoms with Crippen molar-refractivity contribution in [3.05, 3.63) is 113 Å². The number of fused-ring (bicyclic) bond motifs is 1. The Bertz CT molecular complexity index is 1700. The lowest BCUT2D eigenvalue weighted by molar-refractivity contribution is -0.118. The summed E-state index contributed by atoms with van der Waals surface area (Å²) in [5.74, 6) is -0.00550. The average Bonchev–Trinajstić information content (AvgIpc) is 3.62. The number of ether oxygens (including phenoxy) is 2. The van der Waals surface area contributed by atoms with Crippen molar-refractivity contribution in [3.8, 4) is 11.5 Å². The molecule has 0 saturated carbocycles. The molecule has 232 valence electrons. The van der Waals surface area contributed by atoms with Gasteiger partial charge in [0, 0.05) is 30.4 Å². The van der Waals surface area contributed by atoms with Crippen molar-refractivity contribution < 1.29 is 32.2 Å². The summed E-state index contributed by atoms with van der Waals surface area (Å²) < 4.78 is 53.7. The fourth-order valence-corrected chi connectivity index (χ4v) is 7.16. The Balaban J connectivity index is 1.33. The standard InChI is InChI=1S/C34H37FN2O6S/c1-22-31(42-2)17-27(18-32(22)43-3)34(39)28(15-24-13-25-7-4-5-8-26(25)14-24)21-37-12-11-23(20-37)16-33(38)36-44(40,41)30-10-6-9-29(35)19-30/h4-12,17-20,24,28,34,39H,13-16,21H2,1-3H3,(H,36,38)/t28-,34+/m0/s1. The Morgan fingerprint density at radius 3 is 2.30 bits per heavy atom. The first kappa shape index (κ1) is 31.3. The van der Waals surface area contributed by atoms with Gasteiger partial charge in [-0.3, -0.25) is 4.79 Å². The van der Waals surface area contributed by atoms with E-state index in [4.69, 9.17) is 9.47 Å². The number of aliphatic hydroxyl groups is 1. The largest absolute Gasteiger partial charge is 0.496 e. The highest BCUT2D eigenvalue weighted by molar-refractivity contribution is 7.90. The molecule has 2 atom stereocenters. The molecule has 3 aromatic carbocycles. The van der Waals surface area contributed by atoms with Crippen LogP contribution in [0.5, 0.6) is 11.5 Å². The van der Waals surface area contributed by atoms with Crippen LogP contribution in [0.25, 0.3) is 0 Å². The lowest BCUT2D eigenvalue weighted by Gasteiger charge is -2.27. The predicted octanol–water partition coefficient (Wildman–Crippen LogP) is 5.16. The lowest BCUT2D eigenvalue weighted by Crippen LogP contribution is -2.31. The third kappa shape index (κ3) is 7.14. The summed E-state index contributed by atoms with van der Waals surface area (Å²) in [5, 5.41) is 11.8. The molecule has 1 aromatic heterocycles. The number of aliphatic hydroxyl groups excluding tert-OH is 1. The zero-order valence-electron chi connectivity index (χ0n) is 25.0. The molecule has 10 heteroatoms. The number of amides is 1. The Hall–Kier alpha value is -4.15. The summed E-state index contributed by atoms with van der Waals surface area (Å²) in [6.45, 7) is 2.37. The van der Waals surface area contributed by atoms with Crippen LogP contribution in [0.15, 0.2) is 84.0 Å². The van der Waals surface area contributed by atoms with E-state index in [1.54, 1.807) is 26.5 Å². The van der Waals surface area contributed by atoms with Crippen LogP contribution in [0, 0.1) is 24.6 Å². The lowest BCUT2D eigenvalue weighted by atomic mass is 9.85. The van der Waals surface area contributed by atoms with Crippen LogP contribution in [0.4, 0.5) is 4.39 Å². The number of methoxy groups -OCH3 is 2. The first-order valence-electron chi connectivity index (χ1n) is 14.5. The molecule has 1 amide bonds. The maximum atomic E-state index is 13.5. The number of benzene rings is 3. The van der Waals surface area contributed by atoms with Crippen molar-refractivity contribution >= 4 is 15.9 Å². The van der Waals surface area contributed by atoms with Crippen LogP contribution in [-0.4, -0.2) is 38.2 Å². The van der Waals surface area contributed by atoms with Crippen LogP contribution >= 0.6 is 0 Å². The molecule has 5 rings (SSSR count). The van der Waals surface area contributed by atoms with Gasteiger partial charge in [-0.25, -0.2) is 17.5 Å². The third-order valence-electron chi connectivity index (χ3n) is 8.31. The van der Waals surface area contributed by atoms with Gasteiger partial charge in [0.1, 0.15) is 17.3 Å². The van der Waals surface area contributed by atoms with E-state index in [2.05, 4.69) is 24.3 Å². The van der Waals surface area contributed by atoms with E-state index in [-0.39, 0.29) is 17.2 Å². The normalized spacial score (nSPS) is 14.6. The van der Waals surface area contributed by atoms with Crippen LogP contribution in [-0.2, 0) is 40.6 Å². The zero-order chi connectivity index (χ0) is 31.4. The van der Waals surface area contributed by atoms with E-state index in [0.29, 0.717) is 35.1 Å². The second-order valence-corrected chi connectivity index (χ2v) is 13.1. The van der Waals surface area contributed by atoms with Crippen molar-refractivity contribution in [1.29, 1.82) is 0 Å². The quantitative estimate of drug-likeness (QED) is 0.227. The van der Waals surface area contributed by atoms with E-state index in [9.17, 15) is 22.7 Å². The van der Waals surface area contributed by atoms with E-state index < -0.39 is 27.9 Å². The number of carbonyl (C=O) groups excluding carboxylic acids is 1. The molecule has 0 radical (unpaired) electrons. The van der Waals surface area contributed by atoms with Gasteiger partial charge in [-0.15, -0.1) is 0 Å². The van der Waals surface area contributed by atoms with Gasteiger partial charge in [0.05, 0.1) is 31.6 Å². The predicted molar refractivity (Wildman–Crippen MR) is 165 cm³/mol. The highest BCUT2D eigenvalue weighted by Crippen LogP contribution is 2.39. The molecule has 1 aliphatic rings. The first-order chi connectivity index (χ1) is 21.1. The Kier molecular flexibility index (Phi) is 9.41. The molecule has 0 unspecified atom stereocenters. The molecule has 0 aliphatic heterocycles. The van der Waals surface area contributed by atoms with Crippen molar-refractivity contribution in [2.75, 3.05) is 14.2 Å². The maximum Gasteiger partial charge on any atom is 0.264 e. The molecule has 44 heavy (non-hydrogen) atoms. The molecular formula is C34H37FN2O6S. The van der Waals surface area contributed by atoms with Gasteiger partial charge in [0.25, 0.3) is 10.0 Å². The summed E-state index contributed by atoms with van der Waals surface area (Å²) in [7, 11) is -1.03. The van der Waals surface area contributed by atoms with Crippen LogP contribution in [0.2, 0.25) is 0 Å². The van der Waals surface area contributed by atoms with Gasteiger partial charge in [-0.2, -0.15) is 0 Å². The topological polar surface area (TPSA) is 107 Å². The number of halogens is 1. The summed E-state index contributed by atoms with van der Waals surface area (Å²) in [5.41, 5.74) is 4.83. The minimum atomic E-state index is -4.21. The monoisotopic (exact) mass is 620 g/mol. The van der Waals surface area contributed by atoms with Gasteiger partial charge < -0.3 is 19.1 Å². The van der Waals surface area contributed by atoms with Gasteiger partial charge in [-0.05, 0) is 90.8 Å². The summed E-state index contributed by atoms with van der Waals surface area (Å²) in [6, 6.07) is 18.4. The fourth-order valence-electron chi connectivity index (χ4n) is 6.14. The van der Waals surface area contributed by atoms with Gasteiger partial charge in [0.2, 0.25) is 5.91 Å². The maximum absolute atomic E-state index is 13.5. The van der Waals surface area contributed by atoms with Crippen molar-refractivity contribution in [3.63, 3.8) is 0 Å².